The van der Waals surface area contributed by atoms with Crippen LogP contribution in [-0.2, 0) is 4.74 Å². The van der Waals surface area contributed by atoms with Gasteiger partial charge in [0.2, 0.25) is 6.79 Å². The Bertz CT molecular complexity index is 435. The van der Waals surface area contributed by atoms with Crippen LogP contribution in [-0.4, -0.2) is 18.2 Å². The number of alkyl halides is 1. The fourth-order valence-electron chi connectivity index (χ4n) is 1.98. The molecule has 0 spiro atoms. The quantitative estimate of drug-likeness (QED) is 0.512. The maximum absolute atomic E-state index is 6.00. The van der Waals surface area contributed by atoms with Crippen molar-refractivity contribution in [2.24, 2.45) is 0 Å². The van der Waals surface area contributed by atoms with Crippen LogP contribution in [0.25, 0.3) is 0 Å². The minimum atomic E-state index is -0.00424. The van der Waals surface area contributed by atoms with E-state index in [1.165, 1.54) is 0 Å². The molecule has 1 heterocycles. The van der Waals surface area contributed by atoms with E-state index in [0.717, 1.165) is 41.0 Å². The van der Waals surface area contributed by atoms with Gasteiger partial charge < -0.3 is 14.2 Å². The van der Waals surface area contributed by atoms with Crippen LogP contribution in [0.3, 0.4) is 0 Å². The summed E-state index contributed by atoms with van der Waals surface area (Å²) in [5.41, 5.74) is 1.09. The second-order valence-corrected chi connectivity index (χ2v) is 6.85. The lowest BCUT2D eigenvalue weighted by Gasteiger charge is -2.22. The van der Waals surface area contributed by atoms with Crippen molar-refractivity contribution >= 4 is 31.9 Å². The zero-order valence-electron chi connectivity index (χ0n) is 11.1. The first-order valence-corrected chi connectivity index (χ1v) is 8.19. The summed E-state index contributed by atoms with van der Waals surface area (Å²) in [7, 11) is 0. The van der Waals surface area contributed by atoms with E-state index in [2.05, 4.69) is 45.7 Å². The molecule has 2 atom stereocenters. The summed E-state index contributed by atoms with van der Waals surface area (Å²) in [6.45, 7) is 5.30. The van der Waals surface area contributed by atoms with Gasteiger partial charge in [-0.15, -0.1) is 0 Å². The van der Waals surface area contributed by atoms with Gasteiger partial charge in [0, 0.05) is 21.5 Å². The first kappa shape index (κ1) is 15.1. The molecule has 106 valence electrons. The largest absolute Gasteiger partial charge is 0.454 e. The highest BCUT2D eigenvalue weighted by molar-refractivity contribution is 9.10. The van der Waals surface area contributed by atoms with E-state index in [4.69, 9.17) is 14.2 Å². The van der Waals surface area contributed by atoms with Gasteiger partial charge in [-0.05, 0) is 25.5 Å². The Morgan fingerprint density at radius 2 is 2.00 bits per heavy atom. The van der Waals surface area contributed by atoms with Gasteiger partial charge >= 0.3 is 0 Å². The van der Waals surface area contributed by atoms with Gasteiger partial charge in [-0.2, -0.15) is 0 Å². The topological polar surface area (TPSA) is 27.7 Å². The average molecular weight is 394 g/mol. The van der Waals surface area contributed by atoms with E-state index in [0.29, 0.717) is 0 Å². The Morgan fingerprint density at radius 3 is 2.63 bits per heavy atom. The van der Waals surface area contributed by atoms with Crippen molar-refractivity contribution in [1.82, 2.24) is 0 Å². The standard InChI is InChI=1S/C14H18Br2O3/c1-3-4-5-17-14(9(2)15)10-6-12-13(7-11(10)16)19-8-18-12/h6-7,9,14H,3-5,8H2,1-2H3/t9-,14+/m0/s1. The second-order valence-electron chi connectivity index (χ2n) is 4.55. The lowest BCUT2D eigenvalue weighted by atomic mass is 10.1. The summed E-state index contributed by atoms with van der Waals surface area (Å²) < 4.78 is 17.8. The molecule has 2 rings (SSSR count). The molecule has 1 aliphatic heterocycles. The Labute approximate surface area is 130 Å². The molecule has 1 aliphatic rings. The van der Waals surface area contributed by atoms with Gasteiger partial charge in [-0.3, -0.25) is 0 Å². The number of unbranched alkanes of at least 4 members (excludes halogenated alkanes) is 1. The Kier molecular flexibility index (Phi) is 5.54. The van der Waals surface area contributed by atoms with Gasteiger partial charge in [0.15, 0.2) is 11.5 Å². The van der Waals surface area contributed by atoms with Crippen molar-refractivity contribution in [2.75, 3.05) is 13.4 Å². The highest BCUT2D eigenvalue weighted by Crippen LogP contribution is 2.41. The lowest BCUT2D eigenvalue weighted by molar-refractivity contribution is 0.0525. The molecule has 19 heavy (non-hydrogen) atoms. The third-order valence-corrected chi connectivity index (χ3v) is 4.18. The zero-order chi connectivity index (χ0) is 13.8. The monoisotopic (exact) mass is 392 g/mol. The number of halogens is 2. The molecule has 0 bridgehead atoms. The third kappa shape index (κ3) is 3.64. The molecular weight excluding hydrogens is 376 g/mol. The molecular formula is C14H18Br2O3. The fourth-order valence-corrected chi connectivity index (χ4v) is 2.96. The molecule has 0 aromatic heterocycles. The van der Waals surface area contributed by atoms with E-state index >= 15 is 0 Å². The lowest BCUT2D eigenvalue weighted by Crippen LogP contribution is -2.14. The SMILES string of the molecule is CCCCO[C@@H](c1cc2c(cc1Br)OCO2)[C@H](C)Br. The van der Waals surface area contributed by atoms with Gasteiger partial charge in [0.05, 0.1) is 6.10 Å². The molecule has 0 N–H and O–H groups in total. The summed E-state index contributed by atoms with van der Waals surface area (Å²) in [6.07, 6.45) is 2.19. The van der Waals surface area contributed by atoms with Gasteiger partial charge in [0.1, 0.15) is 0 Å². The van der Waals surface area contributed by atoms with Crippen molar-refractivity contribution in [3.05, 3.63) is 22.2 Å². The maximum atomic E-state index is 6.00. The molecule has 0 aliphatic carbocycles. The molecule has 0 saturated carbocycles. The van der Waals surface area contributed by atoms with E-state index in [-0.39, 0.29) is 17.7 Å². The minimum absolute atomic E-state index is 0.00424. The molecule has 0 radical (unpaired) electrons. The Balaban J connectivity index is 2.21. The fraction of sp³-hybridized carbons (Fsp3) is 0.571. The Morgan fingerprint density at radius 1 is 1.32 bits per heavy atom. The first-order chi connectivity index (χ1) is 9.13. The molecule has 0 amide bonds. The highest BCUT2D eigenvalue weighted by atomic mass is 79.9. The van der Waals surface area contributed by atoms with Crippen molar-refractivity contribution in [3.63, 3.8) is 0 Å². The first-order valence-electron chi connectivity index (χ1n) is 6.48. The van der Waals surface area contributed by atoms with Crippen LogP contribution in [0.4, 0.5) is 0 Å². The van der Waals surface area contributed by atoms with Crippen LogP contribution in [0.2, 0.25) is 0 Å². The van der Waals surface area contributed by atoms with Gasteiger partial charge in [-0.1, -0.05) is 45.2 Å². The van der Waals surface area contributed by atoms with Crippen molar-refractivity contribution in [2.45, 2.75) is 37.6 Å². The molecule has 3 nitrogen and oxygen atoms in total. The molecule has 0 unspecified atom stereocenters. The van der Waals surface area contributed by atoms with Gasteiger partial charge in [0.25, 0.3) is 0 Å². The Hall–Kier alpha value is -0.260. The van der Waals surface area contributed by atoms with Crippen molar-refractivity contribution in [1.29, 1.82) is 0 Å². The van der Waals surface area contributed by atoms with E-state index in [1.54, 1.807) is 0 Å². The van der Waals surface area contributed by atoms with E-state index < -0.39 is 0 Å². The predicted octanol–water partition coefficient (Wildman–Crippen LogP) is 4.82. The van der Waals surface area contributed by atoms with Crippen LogP contribution < -0.4 is 9.47 Å². The summed E-state index contributed by atoms with van der Waals surface area (Å²) in [4.78, 5) is 0.223. The number of hydrogen-bond donors (Lipinski definition) is 0. The number of ether oxygens (including phenoxy) is 3. The van der Waals surface area contributed by atoms with Crippen LogP contribution in [0.5, 0.6) is 11.5 Å². The second kappa shape index (κ2) is 6.95. The number of hydrogen-bond acceptors (Lipinski definition) is 3. The molecule has 5 heteroatoms. The maximum Gasteiger partial charge on any atom is 0.231 e. The molecule has 1 aromatic rings. The summed E-state index contributed by atoms with van der Waals surface area (Å²) in [6, 6.07) is 3.95. The number of rotatable bonds is 6. The number of benzene rings is 1. The van der Waals surface area contributed by atoms with Crippen LogP contribution in [0.15, 0.2) is 16.6 Å². The summed E-state index contributed by atoms with van der Waals surface area (Å²) in [5, 5.41) is 0. The normalized spacial score (nSPS) is 16.4. The minimum Gasteiger partial charge on any atom is -0.454 e. The van der Waals surface area contributed by atoms with Gasteiger partial charge in [-0.25, -0.2) is 0 Å². The molecule has 0 fully saturated rings. The van der Waals surface area contributed by atoms with Crippen LogP contribution in [0, 0.1) is 0 Å². The number of fused-ring (bicyclic) bond motifs is 1. The summed E-state index contributed by atoms with van der Waals surface area (Å²) >= 11 is 7.22. The van der Waals surface area contributed by atoms with E-state index in [9.17, 15) is 0 Å². The average Bonchev–Trinajstić information content (AvgIpc) is 2.80. The molecule has 1 aromatic carbocycles. The molecule has 0 saturated heterocycles. The predicted molar refractivity (Wildman–Crippen MR) is 82.3 cm³/mol. The van der Waals surface area contributed by atoms with Crippen molar-refractivity contribution < 1.29 is 14.2 Å². The summed E-state index contributed by atoms with van der Waals surface area (Å²) in [5.74, 6) is 1.57. The zero-order valence-corrected chi connectivity index (χ0v) is 14.3. The highest BCUT2D eigenvalue weighted by Gasteiger charge is 2.24. The van der Waals surface area contributed by atoms with Crippen LogP contribution in [0.1, 0.15) is 38.4 Å². The third-order valence-electron chi connectivity index (χ3n) is 3.01. The van der Waals surface area contributed by atoms with Crippen molar-refractivity contribution in [3.8, 4) is 11.5 Å². The van der Waals surface area contributed by atoms with E-state index in [1.807, 2.05) is 12.1 Å². The smallest absolute Gasteiger partial charge is 0.231 e. The van der Waals surface area contributed by atoms with Crippen LogP contribution >= 0.6 is 31.9 Å².